The Morgan fingerprint density at radius 3 is 2.12 bits per heavy atom. The molecule has 16 heavy (non-hydrogen) atoms. The highest BCUT2D eigenvalue weighted by molar-refractivity contribution is 5.36. The fourth-order valence-electron chi connectivity index (χ4n) is 1.54. The third-order valence-electron chi connectivity index (χ3n) is 2.59. The summed E-state index contributed by atoms with van der Waals surface area (Å²) in [4.78, 5) is 5.51. The summed E-state index contributed by atoms with van der Waals surface area (Å²) in [6.45, 7) is 13.3. The summed E-state index contributed by atoms with van der Waals surface area (Å²) in [6.07, 6.45) is 0. The zero-order valence-corrected chi connectivity index (χ0v) is 11.3. The number of aryl methyl sites for hydroxylation is 3. The zero-order valence-electron chi connectivity index (χ0n) is 11.3. The SMILES string of the molecule is Cc1cc(C)c(CNOC(C)(C)C)cc1C. The summed E-state index contributed by atoms with van der Waals surface area (Å²) in [7, 11) is 0. The van der Waals surface area contributed by atoms with Gasteiger partial charge in [0.15, 0.2) is 0 Å². The van der Waals surface area contributed by atoms with Gasteiger partial charge in [0.1, 0.15) is 0 Å². The Hall–Kier alpha value is -0.860. The largest absolute Gasteiger partial charge is 0.296 e. The van der Waals surface area contributed by atoms with Crippen molar-refractivity contribution in [1.82, 2.24) is 5.48 Å². The number of rotatable bonds is 3. The predicted octanol–water partition coefficient (Wildman–Crippen LogP) is 3.43. The number of hydrogen-bond acceptors (Lipinski definition) is 2. The molecule has 0 fully saturated rings. The second-order valence-electron chi connectivity index (χ2n) is 5.40. The van der Waals surface area contributed by atoms with Crippen molar-refractivity contribution in [3.8, 4) is 0 Å². The van der Waals surface area contributed by atoms with Gasteiger partial charge >= 0.3 is 0 Å². The molecular formula is C14H23NO. The van der Waals surface area contributed by atoms with Crippen LogP contribution in [0.25, 0.3) is 0 Å². The first kappa shape index (κ1) is 13.2. The van der Waals surface area contributed by atoms with Crippen molar-refractivity contribution in [2.75, 3.05) is 0 Å². The molecule has 0 unspecified atom stereocenters. The monoisotopic (exact) mass is 221 g/mol. The molecule has 0 amide bonds. The number of hydrogen-bond donors (Lipinski definition) is 1. The number of hydroxylamine groups is 1. The summed E-state index contributed by atoms with van der Waals surface area (Å²) in [5.74, 6) is 0. The Morgan fingerprint density at radius 2 is 1.56 bits per heavy atom. The molecule has 0 radical (unpaired) electrons. The molecule has 1 rings (SSSR count). The van der Waals surface area contributed by atoms with Gasteiger partial charge in [-0.2, -0.15) is 5.48 Å². The van der Waals surface area contributed by atoms with Gasteiger partial charge in [-0.15, -0.1) is 0 Å². The van der Waals surface area contributed by atoms with E-state index in [0.717, 1.165) is 6.54 Å². The molecule has 0 aromatic heterocycles. The quantitative estimate of drug-likeness (QED) is 0.790. The van der Waals surface area contributed by atoms with Crippen LogP contribution in [0.4, 0.5) is 0 Å². The Kier molecular flexibility index (Phi) is 4.11. The highest BCUT2D eigenvalue weighted by Gasteiger charge is 2.10. The molecule has 1 aromatic carbocycles. The van der Waals surface area contributed by atoms with Crippen molar-refractivity contribution < 1.29 is 4.84 Å². The highest BCUT2D eigenvalue weighted by Crippen LogP contribution is 2.15. The molecule has 0 aliphatic heterocycles. The van der Waals surface area contributed by atoms with E-state index >= 15 is 0 Å². The van der Waals surface area contributed by atoms with Gasteiger partial charge in [-0.05, 0) is 63.8 Å². The number of benzene rings is 1. The van der Waals surface area contributed by atoms with Crippen molar-refractivity contribution in [2.45, 2.75) is 53.7 Å². The molecule has 0 aliphatic rings. The highest BCUT2D eigenvalue weighted by atomic mass is 16.7. The molecule has 0 atom stereocenters. The molecule has 0 spiro atoms. The predicted molar refractivity (Wildman–Crippen MR) is 68.3 cm³/mol. The van der Waals surface area contributed by atoms with Crippen molar-refractivity contribution in [2.24, 2.45) is 0 Å². The van der Waals surface area contributed by atoms with Crippen LogP contribution in [0, 0.1) is 20.8 Å². The Bertz CT molecular complexity index is 364. The van der Waals surface area contributed by atoms with Crippen LogP contribution in [0.2, 0.25) is 0 Å². The average molecular weight is 221 g/mol. The average Bonchev–Trinajstić information content (AvgIpc) is 2.11. The Balaban J connectivity index is 2.64. The van der Waals surface area contributed by atoms with Gasteiger partial charge in [-0.1, -0.05) is 12.1 Å². The third kappa shape index (κ3) is 3.95. The van der Waals surface area contributed by atoms with Gasteiger partial charge in [0.05, 0.1) is 5.60 Å². The Labute approximate surface area is 99.0 Å². The minimum absolute atomic E-state index is 0.145. The third-order valence-corrected chi connectivity index (χ3v) is 2.59. The lowest BCUT2D eigenvalue weighted by Gasteiger charge is -2.20. The van der Waals surface area contributed by atoms with Crippen LogP contribution in [-0.4, -0.2) is 5.60 Å². The van der Waals surface area contributed by atoms with Crippen molar-refractivity contribution in [3.63, 3.8) is 0 Å². The second-order valence-corrected chi connectivity index (χ2v) is 5.40. The molecule has 90 valence electrons. The lowest BCUT2D eigenvalue weighted by atomic mass is 10.0. The molecule has 2 nitrogen and oxygen atoms in total. The van der Waals surface area contributed by atoms with Crippen LogP contribution in [0.1, 0.15) is 43.0 Å². The summed E-state index contributed by atoms with van der Waals surface area (Å²) >= 11 is 0. The van der Waals surface area contributed by atoms with Gasteiger partial charge in [0.2, 0.25) is 0 Å². The standard InChI is InChI=1S/C14H23NO/c1-10-7-12(3)13(8-11(10)2)9-15-16-14(4,5)6/h7-8,15H,9H2,1-6H3. The first-order valence-electron chi connectivity index (χ1n) is 5.77. The fraction of sp³-hybridized carbons (Fsp3) is 0.571. The van der Waals surface area contributed by atoms with E-state index < -0.39 is 0 Å². The lowest BCUT2D eigenvalue weighted by molar-refractivity contribution is -0.0758. The Morgan fingerprint density at radius 1 is 1.00 bits per heavy atom. The zero-order chi connectivity index (χ0) is 12.3. The van der Waals surface area contributed by atoms with Gasteiger partial charge in [0, 0.05) is 6.54 Å². The van der Waals surface area contributed by atoms with Crippen molar-refractivity contribution in [1.29, 1.82) is 0 Å². The van der Waals surface area contributed by atoms with E-state index in [9.17, 15) is 0 Å². The van der Waals surface area contributed by atoms with Crippen LogP contribution in [0.3, 0.4) is 0 Å². The maximum Gasteiger partial charge on any atom is 0.0813 e. The van der Waals surface area contributed by atoms with E-state index in [2.05, 4.69) is 38.4 Å². The van der Waals surface area contributed by atoms with Gasteiger partial charge in [-0.25, -0.2) is 0 Å². The van der Waals surface area contributed by atoms with Gasteiger partial charge in [0.25, 0.3) is 0 Å². The summed E-state index contributed by atoms with van der Waals surface area (Å²) in [5.41, 5.74) is 8.17. The summed E-state index contributed by atoms with van der Waals surface area (Å²) in [5, 5.41) is 0. The van der Waals surface area contributed by atoms with E-state index in [-0.39, 0.29) is 5.60 Å². The van der Waals surface area contributed by atoms with Gasteiger partial charge in [-0.3, -0.25) is 4.84 Å². The summed E-state index contributed by atoms with van der Waals surface area (Å²) in [6, 6.07) is 4.45. The molecule has 1 N–H and O–H groups in total. The molecule has 0 aliphatic carbocycles. The normalized spacial score (nSPS) is 11.9. The van der Waals surface area contributed by atoms with E-state index in [1.54, 1.807) is 0 Å². The maximum absolute atomic E-state index is 5.51. The van der Waals surface area contributed by atoms with Crippen LogP contribution in [0.15, 0.2) is 12.1 Å². The van der Waals surface area contributed by atoms with Crippen molar-refractivity contribution in [3.05, 3.63) is 34.4 Å². The molecule has 0 bridgehead atoms. The van der Waals surface area contributed by atoms with Crippen molar-refractivity contribution >= 4 is 0 Å². The van der Waals surface area contributed by atoms with Crippen LogP contribution in [0.5, 0.6) is 0 Å². The van der Waals surface area contributed by atoms with Crippen LogP contribution < -0.4 is 5.48 Å². The topological polar surface area (TPSA) is 21.3 Å². The molecule has 0 saturated heterocycles. The van der Waals surface area contributed by atoms with E-state index in [0.29, 0.717) is 0 Å². The van der Waals surface area contributed by atoms with E-state index in [4.69, 9.17) is 4.84 Å². The summed E-state index contributed by atoms with van der Waals surface area (Å²) < 4.78 is 0. The molecule has 0 heterocycles. The molecule has 2 heteroatoms. The van der Waals surface area contributed by atoms with Crippen LogP contribution >= 0.6 is 0 Å². The molecule has 1 aromatic rings. The second kappa shape index (κ2) is 4.98. The minimum atomic E-state index is -0.145. The smallest absolute Gasteiger partial charge is 0.0813 e. The first-order chi connectivity index (χ1) is 7.29. The molecule has 0 saturated carbocycles. The number of nitrogens with one attached hydrogen (secondary N) is 1. The van der Waals surface area contributed by atoms with Crippen LogP contribution in [-0.2, 0) is 11.4 Å². The van der Waals surface area contributed by atoms with Gasteiger partial charge < -0.3 is 0 Å². The maximum atomic E-state index is 5.51. The minimum Gasteiger partial charge on any atom is -0.296 e. The lowest BCUT2D eigenvalue weighted by Crippen LogP contribution is -2.28. The van der Waals surface area contributed by atoms with E-state index in [1.165, 1.54) is 22.3 Å². The fourth-order valence-corrected chi connectivity index (χ4v) is 1.54. The molecular weight excluding hydrogens is 198 g/mol. The first-order valence-corrected chi connectivity index (χ1v) is 5.77. The van der Waals surface area contributed by atoms with E-state index in [1.807, 2.05) is 20.8 Å².